The number of anilines is 2. The summed E-state index contributed by atoms with van der Waals surface area (Å²) in [6.45, 7) is 0. The molecule has 1 aromatic rings. The smallest absolute Gasteiger partial charge is 0.292 e. The minimum Gasteiger partial charge on any atom is -0.377 e. The third-order valence-corrected chi connectivity index (χ3v) is 5.05. The number of rotatable bonds is 4. The quantitative estimate of drug-likeness (QED) is 0.654. The fourth-order valence-corrected chi connectivity index (χ4v) is 3.67. The van der Waals surface area contributed by atoms with Gasteiger partial charge in [-0.15, -0.1) is 0 Å². The molecule has 7 heteroatoms. The highest BCUT2D eigenvalue weighted by molar-refractivity contribution is 5.95. The molecule has 1 heterocycles. The number of aryl methyl sites for hydroxylation is 1. The van der Waals surface area contributed by atoms with E-state index in [1.54, 1.807) is 12.1 Å². The Morgan fingerprint density at radius 1 is 1.29 bits per heavy atom. The molecule has 0 unspecified atom stereocenters. The van der Waals surface area contributed by atoms with Gasteiger partial charge in [0.1, 0.15) is 5.69 Å². The van der Waals surface area contributed by atoms with Gasteiger partial charge in [-0.3, -0.25) is 14.9 Å². The van der Waals surface area contributed by atoms with Crippen LogP contribution >= 0.6 is 0 Å². The summed E-state index contributed by atoms with van der Waals surface area (Å²) in [4.78, 5) is 24.9. The second-order valence-corrected chi connectivity index (χ2v) is 6.96. The molecule has 130 valence electrons. The van der Waals surface area contributed by atoms with Gasteiger partial charge in [0.05, 0.1) is 4.92 Å². The molecule has 1 aliphatic carbocycles. The van der Waals surface area contributed by atoms with Crippen LogP contribution in [0.4, 0.5) is 17.1 Å². The van der Waals surface area contributed by atoms with E-state index in [0.29, 0.717) is 30.3 Å². The lowest BCUT2D eigenvalue weighted by atomic mass is 9.90. The molecule has 0 spiro atoms. The predicted molar refractivity (Wildman–Crippen MR) is 93.4 cm³/mol. The molecule has 7 nitrogen and oxygen atoms in total. The number of fused-ring (bicyclic) bond motifs is 1. The Labute approximate surface area is 141 Å². The second-order valence-electron chi connectivity index (χ2n) is 6.96. The van der Waals surface area contributed by atoms with Crippen LogP contribution in [0, 0.1) is 10.1 Å². The zero-order valence-electron chi connectivity index (χ0n) is 14.2. The molecule has 1 aromatic carbocycles. The Morgan fingerprint density at radius 3 is 2.79 bits per heavy atom. The topological polar surface area (TPSA) is 87.5 Å². The van der Waals surface area contributed by atoms with Crippen LogP contribution in [0.3, 0.4) is 0 Å². The lowest BCUT2D eigenvalue weighted by Crippen LogP contribution is -2.38. The van der Waals surface area contributed by atoms with E-state index in [1.807, 2.05) is 0 Å². The molecule has 2 atom stereocenters. The maximum Gasteiger partial charge on any atom is 0.292 e. The Kier molecular flexibility index (Phi) is 4.71. The van der Waals surface area contributed by atoms with Gasteiger partial charge >= 0.3 is 0 Å². The molecule has 0 radical (unpaired) electrons. The van der Waals surface area contributed by atoms with Crippen LogP contribution in [0.5, 0.6) is 0 Å². The molecule has 1 saturated carbocycles. The van der Waals surface area contributed by atoms with Crippen molar-refractivity contribution in [1.29, 1.82) is 0 Å². The first-order chi connectivity index (χ1) is 11.4. The molecule has 0 aromatic heterocycles. The number of carbonyl (C=O) groups excluding carboxylic acids is 1. The molecule has 0 saturated heterocycles. The van der Waals surface area contributed by atoms with E-state index in [2.05, 4.69) is 29.6 Å². The first-order valence-electron chi connectivity index (χ1n) is 8.48. The van der Waals surface area contributed by atoms with Crippen molar-refractivity contribution in [3.63, 3.8) is 0 Å². The van der Waals surface area contributed by atoms with Gasteiger partial charge in [-0.25, -0.2) is 0 Å². The molecule has 2 N–H and O–H groups in total. The van der Waals surface area contributed by atoms with Crippen molar-refractivity contribution in [2.45, 2.75) is 50.6 Å². The summed E-state index contributed by atoms with van der Waals surface area (Å²) in [5, 5.41) is 17.6. The zero-order valence-corrected chi connectivity index (χ0v) is 14.2. The number of carbonyl (C=O) groups is 1. The van der Waals surface area contributed by atoms with E-state index in [0.717, 1.165) is 31.2 Å². The highest BCUT2D eigenvalue weighted by Gasteiger charge is 2.27. The summed E-state index contributed by atoms with van der Waals surface area (Å²) >= 11 is 0. The number of nitro groups is 1. The molecular weight excluding hydrogens is 308 g/mol. The molecule has 1 fully saturated rings. The van der Waals surface area contributed by atoms with Crippen molar-refractivity contribution in [1.82, 2.24) is 4.90 Å². The standard InChI is InChI=1S/C17H24N4O3/c1-20(2)13-5-3-4-12(9-13)18-15-10-14-11(6-7-17(22)19-14)8-16(15)21(23)24/h8,10,12-13,18H,3-7,9H2,1-2H3,(H,19,22)/t12-,13+/m0/s1. The lowest BCUT2D eigenvalue weighted by molar-refractivity contribution is -0.384. The van der Waals surface area contributed by atoms with Crippen molar-refractivity contribution in [3.05, 3.63) is 27.8 Å². The van der Waals surface area contributed by atoms with Crippen molar-refractivity contribution < 1.29 is 9.72 Å². The van der Waals surface area contributed by atoms with Gasteiger partial charge in [-0.2, -0.15) is 0 Å². The first kappa shape index (κ1) is 16.7. The van der Waals surface area contributed by atoms with Crippen molar-refractivity contribution in [2.75, 3.05) is 24.7 Å². The third-order valence-electron chi connectivity index (χ3n) is 5.05. The SMILES string of the molecule is CN(C)[C@@H]1CCC[C@H](Nc2cc3c(cc2[N+](=O)[O-])CCC(=O)N3)C1. The largest absolute Gasteiger partial charge is 0.377 e. The summed E-state index contributed by atoms with van der Waals surface area (Å²) in [6.07, 6.45) is 5.17. The molecule has 1 aliphatic heterocycles. The average molecular weight is 332 g/mol. The predicted octanol–water partition coefficient (Wildman–Crippen LogP) is 2.76. The van der Waals surface area contributed by atoms with E-state index in [1.165, 1.54) is 0 Å². The summed E-state index contributed by atoms with van der Waals surface area (Å²) < 4.78 is 0. The van der Waals surface area contributed by atoms with Gasteiger partial charge < -0.3 is 15.5 Å². The Morgan fingerprint density at radius 2 is 2.08 bits per heavy atom. The summed E-state index contributed by atoms with van der Waals surface area (Å²) in [7, 11) is 4.15. The number of amides is 1. The highest BCUT2D eigenvalue weighted by atomic mass is 16.6. The fraction of sp³-hybridized carbons (Fsp3) is 0.588. The zero-order chi connectivity index (χ0) is 17.3. The molecular formula is C17H24N4O3. The summed E-state index contributed by atoms with van der Waals surface area (Å²) in [6, 6.07) is 4.03. The monoisotopic (exact) mass is 332 g/mol. The van der Waals surface area contributed by atoms with Gasteiger partial charge in [-0.1, -0.05) is 0 Å². The minimum absolute atomic E-state index is 0.0346. The summed E-state index contributed by atoms with van der Waals surface area (Å²) in [5.41, 5.74) is 2.13. The summed E-state index contributed by atoms with van der Waals surface area (Å²) in [5.74, 6) is -0.0346. The second kappa shape index (κ2) is 6.76. The van der Waals surface area contributed by atoms with E-state index < -0.39 is 0 Å². The number of nitrogens with zero attached hydrogens (tertiary/aromatic N) is 2. The van der Waals surface area contributed by atoms with Crippen LogP contribution in [-0.2, 0) is 11.2 Å². The van der Waals surface area contributed by atoms with Gasteiger partial charge in [-0.05, 0) is 57.8 Å². The van der Waals surface area contributed by atoms with Gasteiger partial charge in [0.25, 0.3) is 5.69 Å². The van der Waals surface area contributed by atoms with Crippen LogP contribution in [0.15, 0.2) is 12.1 Å². The van der Waals surface area contributed by atoms with Crippen LogP contribution in [0.2, 0.25) is 0 Å². The van der Waals surface area contributed by atoms with Crippen LogP contribution in [0.1, 0.15) is 37.7 Å². The molecule has 0 bridgehead atoms. The Hall–Kier alpha value is -2.15. The lowest BCUT2D eigenvalue weighted by Gasteiger charge is -2.34. The number of nitrogens with one attached hydrogen (secondary N) is 2. The third kappa shape index (κ3) is 3.51. The van der Waals surface area contributed by atoms with E-state index in [4.69, 9.17) is 0 Å². The Balaban J connectivity index is 1.85. The van der Waals surface area contributed by atoms with Crippen molar-refractivity contribution in [3.8, 4) is 0 Å². The van der Waals surface area contributed by atoms with Gasteiger partial charge in [0, 0.05) is 30.3 Å². The van der Waals surface area contributed by atoms with E-state index in [-0.39, 0.29) is 22.6 Å². The van der Waals surface area contributed by atoms with Crippen molar-refractivity contribution in [2.24, 2.45) is 0 Å². The maximum atomic E-state index is 11.6. The molecule has 3 rings (SSSR count). The normalized spacial score (nSPS) is 23.5. The number of hydrogen-bond acceptors (Lipinski definition) is 5. The van der Waals surface area contributed by atoms with Crippen LogP contribution < -0.4 is 10.6 Å². The molecule has 1 amide bonds. The highest BCUT2D eigenvalue weighted by Crippen LogP contribution is 2.36. The first-order valence-corrected chi connectivity index (χ1v) is 8.48. The number of nitro benzene ring substituents is 1. The average Bonchev–Trinajstić information content (AvgIpc) is 2.54. The van der Waals surface area contributed by atoms with E-state index in [9.17, 15) is 14.9 Å². The number of benzene rings is 1. The van der Waals surface area contributed by atoms with Gasteiger partial charge in [0.15, 0.2) is 0 Å². The fourth-order valence-electron chi connectivity index (χ4n) is 3.67. The van der Waals surface area contributed by atoms with Crippen molar-refractivity contribution >= 4 is 23.0 Å². The maximum absolute atomic E-state index is 11.6. The molecule has 2 aliphatic rings. The molecule has 24 heavy (non-hydrogen) atoms. The van der Waals surface area contributed by atoms with Crippen LogP contribution in [0.25, 0.3) is 0 Å². The van der Waals surface area contributed by atoms with Crippen LogP contribution in [-0.4, -0.2) is 41.9 Å². The van der Waals surface area contributed by atoms with Gasteiger partial charge in [0.2, 0.25) is 5.91 Å². The number of hydrogen-bond donors (Lipinski definition) is 2. The minimum atomic E-state index is -0.342. The van der Waals surface area contributed by atoms with E-state index >= 15 is 0 Å². The Bertz CT molecular complexity index is 659.